The Morgan fingerprint density at radius 1 is 1.09 bits per heavy atom. The molecular formula is C13H6F2N6S. The van der Waals surface area contributed by atoms with Gasteiger partial charge in [-0.15, -0.1) is 10.2 Å². The van der Waals surface area contributed by atoms with Gasteiger partial charge in [0.15, 0.2) is 10.8 Å². The normalized spacial score (nSPS) is 11.2. The van der Waals surface area contributed by atoms with E-state index in [1.165, 1.54) is 15.9 Å². The third-order valence-corrected chi connectivity index (χ3v) is 3.86. The van der Waals surface area contributed by atoms with Crippen LogP contribution in [0.25, 0.3) is 27.1 Å². The monoisotopic (exact) mass is 316 g/mol. The van der Waals surface area contributed by atoms with Crippen LogP contribution in [0, 0.1) is 11.6 Å². The predicted octanol–water partition coefficient (Wildman–Crippen LogP) is 2.59. The molecule has 1 aromatic carbocycles. The first-order valence-electron chi connectivity index (χ1n) is 6.16. The molecule has 0 saturated carbocycles. The van der Waals surface area contributed by atoms with Crippen LogP contribution in [-0.4, -0.2) is 29.8 Å². The standard InChI is InChI=1S/C13H6F2N6S/c14-7-1-2-9(15)8(5-7)11-18-19-13-21(11)20-12(22-13)10-6-16-3-4-17-10/h1-6H. The van der Waals surface area contributed by atoms with Crippen molar-refractivity contribution < 1.29 is 8.78 Å². The minimum atomic E-state index is -0.593. The highest BCUT2D eigenvalue weighted by Crippen LogP contribution is 2.27. The molecule has 0 saturated heterocycles. The molecule has 0 N–H and O–H groups in total. The quantitative estimate of drug-likeness (QED) is 0.568. The molecule has 0 fully saturated rings. The molecule has 0 aliphatic heterocycles. The number of aromatic nitrogens is 6. The fourth-order valence-corrected chi connectivity index (χ4v) is 2.77. The molecule has 108 valence electrons. The predicted molar refractivity (Wildman–Crippen MR) is 75.0 cm³/mol. The number of nitrogens with zero attached hydrogens (tertiary/aromatic N) is 6. The number of fused-ring (bicyclic) bond motifs is 1. The summed E-state index contributed by atoms with van der Waals surface area (Å²) < 4.78 is 28.6. The van der Waals surface area contributed by atoms with Gasteiger partial charge in [-0.2, -0.15) is 9.61 Å². The molecule has 0 aliphatic carbocycles. The van der Waals surface area contributed by atoms with Crippen molar-refractivity contribution in [3.63, 3.8) is 0 Å². The van der Waals surface area contributed by atoms with Crippen molar-refractivity contribution in [1.29, 1.82) is 0 Å². The fraction of sp³-hybridized carbons (Fsp3) is 0. The smallest absolute Gasteiger partial charge is 0.235 e. The average molecular weight is 316 g/mol. The topological polar surface area (TPSA) is 68.9 Å². The van der Waals surface area contributed by atoms with Crippen LogP contribution in [-0.2, 0) is 0 Å². The first-order chi connectivity index (χ1) is 10.7. The van der Waals surface area contributed by atoms with Gasteiger partial charge in [-0.25, -0.2) is 8.78 Å². The molecule has 4 rings (SSSR count). The molecule has 6 nitrogen and oxygen atoms in total. The largest absolute Gasteiger partial charge is 0.261 e. The summed E-state index contributed by atoms with van der Waals surface area (Å²) in [4.78, 5) is 8.58. The van der Waals surface area contributed by atoms with Crippen molar-refractivity contribution in [2.24, 2.45) is 0 Å². The zero-order chi connectivity index (χ0) is 15.1. The average Bonchev–Trinajstić information content (AvgIpc) is 3.11. The van der Waals surface area contributed by atoms with E-state index in [1.807, 2.05) is 0 Å². The summed E-state index contributed by atoms with van der Waals surface area (Å²) in [5.41, 5.74) is 0.576. The minimum Gasteiger partial charge on any atom is -0.261 e. The van der Waals surface area contributed by atoms with Gasteiger partial charge in [0.1, 0.15) is 17.3 Å². The van der Waals surface area contributed by atoms with E-state index < -0.39 is 11.6 Å². The lowest BCUT2D eigenvalue weighted by atomic mass is 10.2. The molecule has 3 heterocycles. The summed E-state index contributed by atoms with van der Waals surface area (Å²) in [7, 11) is 0. The number of rotatable bonds is 2. The Balaban J connectivity index is 1.90. The van der Waals surface area contributed by atoms with Crippen LogP contribution < -0.4 is 0 Å². The molecule has 3 aromatic heterocycles. The lowest BCUT2D eigenvalue weighted by Crippen LogP contribution is -1.95. The van der Waals surface area contributed by atoms with Gasteiger partial charge in [-0.3, -0.25) is 9.97 Å². The van der Waals surface area contributed by atoms with Gasteiger partial charge in [0.25, 0.3) is 0 Å². The van der Waals surface area contributed by atoms with E-state index in [0.29, 0.717) is 15.7 Å². The molecule has 0 spiro atoms. The van der Waals surface area contributed by atoms with Crippen LogP contribution >= 0.6 is 11.3 Å². The van der Waals surface area contributed by atoms with E-state index in [1.54, 1.807) is 18.6 Å². The Morgan fingerprint density at radius 2 is 2.00 bits per heavy atom. The lowest BCUT2D eigenvalue weighted by Gasteiger charge is -1.99. The molecule has 0 atom stereocenters. The summed E-state index contributed by atoms with van der Waals surface area (Å²) in [6, 6.07) is 3.15. The van der Waals surface area contributed by atoms with Crippen molar-refractivity contribution >= 4 is 16.3 Å². The Kier molecular flexibility index (Phi) is 2.86. The molecule has 0 bridgehead atoms. The van der Waals surface area contributed by atoms with Gasteiger partial charge >= 0.3 is 0 Å². The molecular weight excluding hydrogens is 310 g/mol. The van der Waals surface area contributed by atoms with E-state index in [9.17, 15) is 8.78 Å². The molecule has 22 heavy (non-hydrogen) atoms. The summed E-state index contributed by atoms with van der Waals surface area (Å²) >= 11 is 1.24. The van der Waals surface area contributed by atoms with E-state index in [0.717, 1.165) is 18.2 Å². The van der Waals surface area contributed by atoms with Gasteiger partial charge in [-0.1, -0.05) is 11.3 Å². The van der Waals surface area contributed by atoms with Gasteiger partial charge in [0, 0.05) is 12.4 Å². The van der Waals surface area contributed by atoms with Crippen LogP contribution in [0.1, 0.15) is 0 Å². The molecule has 9 heteroatoms. The highest BCUT2D eigenvalue weighted by Gasteiger charge is 2.18. The Bertz CT molecular complexity index is 965. The van der Waals surface area contributed by atoms with Crippen molar-refractivity contribution in [1.82, 2.24) is 29.8 Å². The zero-order valence-electron chi connectivity index (χ0n) is 10.8. The van der Waals surface area contributed by atoms with Crippen LogP contribution in [0.5, 0.6) is 0 Å². The number of halogens is 2. The maximum Gasteiger partial charge on any atom is 0.235 e. The van der Waals surface area contributed by atoms with Gasteiger partial charge in [-0.05, 0) is 18.2 Å². The SMILES string of the molecule is Fc1ccc(F)c(-c2nnc3sc(-c4cnccn4)nn23)c1. The van der Waals surface area contributed by atoms with Gasteiger partial charge in [0.05, 0.1) is 11.8 Å². The van der Waals surface area contributed by atoms with Crippen molar-refractivity contribution in [2.45, 2.75) is 0 Å². The Hall–Kier alpha value is -2.81. The molecule has 4 aromatic rings. The van der Waals surface area contributed by atoms with Crippen LogP contribution in [0.15, 0.2) is 36.8 Å². The van der Waals surface area contributed by atoms with Crippen molar-refractivity contribution in [3.8, 4) is 22.1 Å². The fourth-order valence-electron chi connectivity index (χ4n) is 1.97. The highest BCUT2D eigenvalue weighted by atomic mass is 32.1. The van der Waals surface area contributed by atoms with E-state index >= 15 is 0 Å². The second-order valence-electron chi connectivity index (χ2n) is 4.34. The second kappa shape index (κ2) is 4.88. The number of benzene rings is 1. The third kappa shape index (κ3) is 2.02. The summed E-state index contributed by atoms with van der Waals surface area (Å²) in [6.07, 6.45) is 4.66. The molecule has 0 radical (unpaired) electrons. The van der Waals surface area contributed by atoms with Crippen LogP contribution in [0.4, 0.5) is 8.78 Å². The van der Waals surface area contributed by atoms with Crippen LogP contribution in [0.3, 0.4) is 0 Å². The van der Waals surface area contributed by atoms with Crippen molar-refractivity contribution in [2.75, 3.05) is 0 Å². The lowest BCUT2D eigenvalue weighted by molar-refractivity contribution is 0.601. The Labute approximate surface area is 126 Å². The highest BCUT2D eigenvalue weighted by molar-refractivity contribution is 7.19. The van der Waals surface area contributed by atoms with Gasteiger partial charge < -0.3 is 0 Å². The maximum atomic E-state index is 13.9. The first kappa shape index (κ1) is 12.9. The van der Waals surface area contributed by atoms with E-state index in [4.69, 9.17) is 0 Å². The summed E-state index contributed by atoms with van der Waals surface area (Å²) in [5, 5.41) is 12.7. The van der Waals surface area contributed by atoms with Gasteiger partial charge in [0.2, 0.25) is 4.96 Å². The molecule has 0 aliphatic rings. The molecule has 0 unspecified atom stereocenters. The zero-order valence-corrected chi connectivity index (χ0v) is 11.6. The third-order valence-electron chi connectivity index (χ3n) is 2.94. The Morgan fingerprint density at radius 3 is 2.82 bits per heavy atom. The number of hydrogen-bond donors (Lipinski definition) is 0. The minimum absolute atomic E-state index is 0.00324. The first-order valence-corrected chi connectivity index (χ1v) is 6.98. The maximum absolute atomic E-state index is 13.9. The van der Waals surface area contributed by atoms with E-state index in [2.05, 4.69) is 25.3 Å². The number of hydrogen-bond acceptors (Lipinski definition) is 6. The summed E-state index contributed by atoms with van der Waals surface area (Å²) in [6.45, 7) is 0. The molecule has 0 amide bonds. The van der Waals surface area contributed by atoms with E-state index in [-0.39, 0.29) is 11.4 Å². The summed E-state index contributed by atoms with van der Waals surface area (Å²) in [5.74, 6) is -1.01. The second-order valence-corrected chi connectivity index (χ2v) is 5.30. The van der Waals surface area contributed by atoms with Crippen molar-refractivity contribution in [3.05, 3.63) is 48.4 Å². The van der Waals surface area contributed by atoms with Crippen LogP contribution in [0.2, 0.25) is 0 Å².